The third-order valence-corrected chi connectivity index (χ3v) is 5.22. The van der Waals surface area contributed by atoms with Gasteiger partial charge in [0.05, 0.1) is 15.6 Å². The number of piperidine rings is 1. The van der Waals surface area contributed by atoms with Gasteiger partial charge < -0.3 is 10.6 Å². The molecule has 1 aliphatic heterocycles. The fourth-order valence-corrected chi connectivity index (χ4v) is 3.81. The standard InChI is InChI=1S/C15H26N4S/c1-3-6-12-14(15(16)17)20-13(18-12)8-10-19-9-5-4-7-11(19)2/h11H,3-10H2,1-2H3,(H3,16,17). The highest BCUT2D eigenvalue weighted by atomic mass is 32.1. The zero-order valence-corrected chi connectivity index (χ0v) is 13.4. The summed E-state index contributed by atoms with van der Waals surface area (Å²) in [6.07, 6.45) is 6.96. The first-order valence-corrected chi connectivity index (χ1v) is 8.50. The Morgan fingerprint density at radius 3 is 2.90 bits per heavy atom. The van der Waals surface area contributed by atoms with Crippen molar-refractivity contribution < 1.29 is 0 Å². The van der Waals surface area contributed by atoms with E-state index in [0.29, 0.717) is 6.04 Å². The maximum Gasteiger partial charge on any atom is 0.135 e. The van der Waals surface area contributed by atoms with Gasteiger partial charge in [-0.2, -0.15) is 0 Å². The molecule has 20 heavy (non-hydrogen) atoms. The van der Waals surface area contributed by atoms with Gasteiger partial charge in [-0.3, -0.25) is 5.41 Å². The van der Waals surface area contributed by atoms with Crippen LogP contribution in [-0.2, 0) is 12.8 Å². The molecule has 0 spiro atoms. The number of hydrogen-bond acceptors (Lipinski definition) is 4. The average molecular weight is 294 g/mol. The van der Waals surface area contributed by atoms with Crippen molar-refractivity contribution in [1.82, 2.24) is 9.88 Å². The second kappa shape index (κ2) is 7.18. The van der Waals surface area contributed by atoms with E-state index in [1.165, 1.54) is 25.8 Å². The van der Waals surface area contributed by atoms with E-state index in [0.717, 1.165) is 41.4 Å². The molecule has 0 amide bonds. The lowest BCUT2D eigenvalue weighted by Gasteiger charge is -2.33. The molecule has 4 nitrogen and oxygen atoms in total. The summed E-state index contributed by atoms with van der Waals surface area (Å²) < 4.78 is 0. The van der Waals surface area contributed by atoms with Crippen LogP contribution in [0.4, 0.5) is 0 Å². The van der Waals surface area contributed by atoms with Gasteiger partial charge in [0, 0.05) is 19.0 Å². The Labute approximate surface area is 125 Å². The topological polar surface area (TPSA) is 66.0 Å². The van der Waals surface area contributed by atoms with E-state index < -0.39 is 0 Å². The average Bonchev–Trinajstić information content (AvgIpc) is 2.82. The van der Waals surface area contributed by atoms with Gasteiger partial charge in [0.2, 0.25) is 0 Å². The van der Waals surface area contributed by atoms with Crippen LogP contribution in [0.15, 0.2) is 0 Å². The fourth-order valence-electron chi connectivity index (χ4n) is 2.85. The SMILES string of the molecule is CCCc1nc(CCN2CCCCC2C)sc1C(=N)N. The van der Waals surface area contributed by atoms with Crippen molar-refractivity contribution in [2.24, 2.45) is 5.73 Å². The highest BCUT2D eigenvalue weighted by molar-refractivity contribution is 7.13. The highest BCUT2D eigenvalue weighted by Gasteiger charge is 2.19. The molecular weight excluding hydrogens is 268 g/mol. The molecule has 112 valence electrons. The van der Waals surface area contributed by atoms with Gasteiger partial charge in [-0.1, -0.05) is 19.8 Å². The molecular formula is C15H26N4S. The van der Waals surface area contributed by atoms with E-state index in [1.807, 2.05) is 0 Å². The molecule has 1 unspecified atom stereocenters. The first-order chi connectivity index (χ1) is 9.61. The van der Waals surface area contributed by atoms with E-state index in [-0.39, 0.29) is 5.84 Å². The Morgan fingerprint density at radius 1 is 1.45 bits per heavy atom. The number of nitrogens with two attached hydrogens (primary N) is 1. The Hall–Kier alpha value is -0.940. The molecule has 1 saturated heterocycles. The summed E-state index contributed by atoms with van der Waals surface area (Å²) in [5.74, 6) is 0.170. The van der Waals surface area contributed by atoms with Crippen LogP contribution in [0.1, 0.15) is 55.1 Å². The quantitative estimate of drug-likeness (QED) is 0.626. The molecule has 2 rings (SSSR count). The number of rotatable bonds is 6. The Morgan fingerprint density at radius 2 is 2.25 bits per heavy atom. The second-order valence-electron chi connectivity index (χ2n) is 5.68. The monoisotopic (exact) mass is 294 g/mol. The summed E-state index contributed by atoms with van der Waals surface area (Å²) in [7, 11) is 0. The van der Waals surface area contributed by atoms with Crippen LogP contribution in [0.25, 0.3) is 0 Å². The summed E-state index contributed by atoms with van der Waals surface area (Å²) >= 11 is 1.61. The number of hydrogen-bond donors (Lipinski definition) is 2. The lowest BCUT2D eigenvalue weighted by atomic mass is 10.0. The van der Waals surface area contributed by atoms with E-state index >= 15 is 0 Å². The lowest BCUT2D eigenvalue weighted by Crippen LogP contribution is -2.38. The summed E-state index contributed by atoms with van der Waals surface area (Å²) in [5, 5.41) is 8.80. The Kier molecular flexibility index (Phi) is 5.54. The van der Waals surface area contributed by atoms with Crippen molar-refractivity contribution in [1.29, 1.82) is 5.41 Å². The molecule has 0 aromatic carbocycles. The van der Waals surface area contributed by atoms with E-state index in [1.54, 1.807) is 11.3 Å². The van der Waals surface area contributed by atoms with Crippen LogP contribution in [0.2, 0.25) is 0 Å². The zero-order valence-electron chi connectivity index (χ0n) is 12.6. The molecule has 1 atom stereocenters. The third kappa shape index (κ3) is 3.79. The van der Waals surface area contributed by atoms with E-state index in [2.05, 4.69) is 18.7 Å². The number of nitrogens with one attached hydrogen (secondary N) is 1. The van der Waals surface area contributed by atoms with Crippen LogP contribution in [0.3, 0.4) is 0 Å². The maximum atomic E-state index is 7.67. The van der Waals surface area contributed by atoms with Gasteiger partial charge in [0.25, 0.3) is 0 Å². The van der Waals surface area contributed by atoms with Crippen molar-refractivity contribution in [3.05, 3.63) is 15.6 Å². The third-order valence-electron chi connectivity index (χ3n) is 4.03. The van der Waals surface area contributed by atoms with Gasteiger partial charge in [-0.25, -0.2) is 4.98 Å². The van der Waals surface area contributed by atoms with Gasteiger partial charge in [0.15, 0.2) is 0 Å². The van der Waals surface area contributed by atoms with Crippen molar-refractivity contribution in [3.8, 4) is 0 Å². The summed E-state index contributed by atoms with van der Waals surface area (Å²) in [5.41, 5.74) is 6.68. The van der Waals surface area contributed by atoms with E-state index in [4.69, 9.17) is 16.1 Å². The number of aromatic nitrogens is 1. The van der Waals surface area contributed by atoms with Crippen molar-refractivity contribution >= 4 is 17.2 Å². The number of amidine groups is 1. The first-order valence-electron chi connectivity index (χ1n) is 7.68. The molecule has 5 heteroatoms. The predicted molar refractivity (Wildman–Crippen MR) is 85.7 cm³/mol. The summed E-state index contributed by atoms with van der Waals surface area (Å²) in [4.78, 5) is 8.15. The van der Waals surface area contributed by atoms with Crippen molar-refractivity contribution in [2.75, 3.05) is 13.1 Å². The number of likely N-dealkylation sites (tertiary alicyclic amines) is 1. The van der Waals surface area contributed by atoms with Crippen LogP contribution >= 0.6 is 11.3 Å². The Balaban J connectivity index is 1.98. The lowest BCUT2D eigenvalue weighted by molar-refractivity contribution is 0.163. The molecule has 0 bridgehead atoms. The molecule has 3 N–H and O–H groups in total. The van der Waals surface area contributed by atoms with Crippen LogP contribution < -0.4 is 5.73 Å². The van der Waals surface area contributed by atoms with Gasteiger partial charge in [-0.15, -0.1) is 11.3 Å². The van der Waals surface area contributed by atoms with Crippen LogP contribution in [0.5, 0.6) is 0 Å². The van der Waals surface area contributed by atoms with E-state index in [9.17, 15) is 0 Å². The molecule has 1 aromatic rings. The fraction of sp³-hybridized carbons (Fsp3) is 0.733. The molecule has 0 aliphatic carbocycles. The summed E-state index contributed by atoms with van der Waals surface area (Å²) in [6, 6.07) is 0.700. The largest absolute Gasteiger partial charge is 0.383 e. The number of nitrogen functional groups attached to an aromatic ring is 1. The molecule has 2 heterocycles. The molecule has 1 aliphatic rings. The zero-order chi connectivity index (χ0) is 14.5. The van der Waals surface area contributed by atoms with Gasteiger partial charge in [0.1, 0.15) is 5.84 Å². The first kappa shape index (κ1) is 15.4. The van der Waals surface area contributed by atoms with Gasteiger partial charge >= 0.3 is 0 Å². The maximum absolute atomic E-state index is 7.67. The number of nitrogens with zero attached hydrogens (tertiary/aromatic N) is 2. The minimum Gasteiger partial charge on any atom is -0.383 e. The van der Waals surface area contributed by atoms with Crippen molar-refractivity contribution in [2.45, 2.75) is 58.4 Å². The molecule has 1 fully saturated rings. The predicted octanol–water partition coefficient (Wildman–Crippen LogP) is 2.80. The molecule has 1 aromatic heterocycles. The smallest absolute Gasteiger partial charge is 0.135 e. The van der Waals surface area contributed by atoms with Crippen molar-refractivity contribution in [3.63, 3.8) is 0 Å². The van der Waals surface area contributed by atoms with Crippen LogP contribution in [0, 0.1) is 5.41 Å². The molecule has 0 radical (unpaired) electrons. The highest BCUT2D eigenvalue weighted by Crippen LogP contribution is 2.22. The minimum atomic E-state index is 0.170. The minimum absolute atomic E-state index is 0.170. The number of aryl methyl sites for hydroxylation is 1. The normalized spacial score (nSPS) is 20.2. The number of thiazole rings is 1. The molecule has 0 saturated carbocycles. The Bertz CT molecular complexity index is 455. The summed E-state index contributed by atoms with van der Waals surface area (Å²) in [6.45, 7) is 6.76. The second-order valence-corrected chi connectivity index (χ2v) is 6.76. The van der Waals surface area contributed by atoms with Gasteiger partial charge in [-0.05, 0) is 32.7 Å². The van der Waals surface area contributed by atoms with Crippen LogP contribution in [-0.4, -0.2) is 34.9 Å².